The molecule has 3 amide bonds. The maximum absolute atomic E-state index is 12.4. The van der Waals surface area contributed by atoms with Gasteiger partial charge in [-0.25, -0.2) is 0 Å². The second-order valence-corrected chi connectivity index (χ2v) is 5.97. The Labute approximate surface area is 168 Å². The Morgan fingerprint density at radius 3 is 1.67 bits per heavy atom. The zero-order chi connectivity index (χ0) is 23.4. The molecule has 3 atom stereocenters. The fourth-order valence-corrected chi connectivity index (χ4v) is 2.04. The summed E-state index contributed by atoms with van der Waals surface area (Å²) in [5, 5.41) is 40.8. The van der Waals surface area contributed by atoms with Crippen molar-refractivity contribution >= 4 is 41.6 Å². The van der Waals surface area contributed by atoms with Gasteiger partial charge in [-0.1, -0.05) is 0 Å². The van der Waals surface area contributed by atoms with Crippen LogP contribution in [0, 0.1) is 0 Å². The van der Waals surface area contributed by atoms with Gasteiger partial charge in [0.05, 0.1) is 18.9 Å². The van der Waals surface area contributed by atoms with E-state index >= 15 is 0 Å². The van der Waals surface area contributed by atoms with Crippen LogP contribution in [-0.4, -0.2) is 86.7 Å². The van der Waals surface area contributed by atoms with E-state index in [0.717, 1.165) is 0 Å². The number of hydrogen-bond donors (Lipinski definition) is 8. The van der Waals surface area contributed by atoms with Gasteiger partial charge in [-0.2, -0.15) is 0 Å². The third-order valence-electron chi connectivity index (χ3n) is 3.44. The lowest BCUT2D eigenvalue weighted by molar-refractivity contribution is -0.141. The van der Waals surface area contributed by atoms with Crippen LogP contribution in [0.2, 0.25) is 0 Å². The number of carboxylic acid groups (broad SMARTS) is 4. The molecule has 0 bridgehead atoms. The van der Waals surface area contributed by atoms with Gasteiger partial charge >= 0.3 is 23.9 Å². The second kappa shape index (κ2) is 12.7. The first kappa shape index (κ1) is 26.2. The Hall–Kier alpha value is -3.75. The van der Waals surface area contributed by atoms with Gasteiger partial charge in [-0.15, -0.1) is 0 Å². The van der Waals surface area contributed by atoms with Gasteiger partial charge in [-0.3, -0.25) is 33.6 Å². The van der Waals surface area contributed by atoms with Gasteiger partial charge in [0.25, 0.3) is 0 Å². The van der Waals surface area contributed by atoms with Crippen LogP contribution in [0.15, 0.2) is 0 Å². The summed E-state index contributed by atoms with van der Waals surface area (Å²) < 4.78 is 0. The van der Waals surface area contributed by atoms with E-state index in [2.05, 4.69) is 0 Å². The van der Waals surface area contributed by atoms with Crippen molar-refractivity contribution in [1.82, 2.24) is 16.0 Å². The predicted molar refractivity (Wildman–Crippen MR) is 93.9 cm³/mol. The number of aliphatic carboxylic acids is 4. The maximum atomic E-state index is 12.4. The SMILES string of the molecule is NC(CC(=O)O)C(=O)NC(CCC(=O)O)C(=O)NC(CC(=O)O)C(=O)NCC(=O)O. The highest BCUT2D eigenvalue weighted by molar-refractivity contribution is 5.95. The summed E-state index contributed by atoms with van der Waals surface area (Å²) in [7, 11) is 0. The molecule has 0 aliphatic heterocycles. The molecule has 0 radical (unpaired) electrons. The Bertz CT molecular complexity index is 709. The third-order valence-corrected chi connectivity index (χ3v) is 3.44. The van der Waals surface area contributed by atoms with Crippen molar-refractivity contribution in [2.45, 2.75) is 43.8 Å². The van der Waals surface area contributed by atoms with Gasteiger partial charge in [0, 0.05) is 6.42 Å². The van der Waals surface area contributed by atoms with Gasteiger partial charge in [0.2, 0.25) is 17.7 Å². The van der Waals surface area contributed by atoms with E-state index in [-0.39, 0.29) is 0 Å². The molecule has 0 aromatic heterocycles. The number of amides is 3. The summed E-state index contributed by atoms with van der Waals surface area (Å²) in [6.07, 6.45) is -2.81. The number of carbonyl (C=O) groups is 7. The molecule has 0 fully saturated rings. The minimum Gasteiger partial charge on any atom is -0.481 e. The van der Waals surface area contributed by atoms with Crippen LogP contribution < -0.4 is 21.7 Å². The largest absolute Gasteiger partial charge is 0.481 e. The monoisotopic (exact) mass is 434 g/mol. The number of nitrogens with two attached hydrogens (primary N) is 1. The summed E-state index contributed by atoms with van der Waals surface area (Å²) in [6.45, 7) is -0.853. The number of rotatable bonds is 14. The molecule has 0 saturated heterocycles. The summed E-state index contributed by atoms with van der Waals surface area (Å²) in [6, 6.07) is -4.88. The fourth-order valence-electron chi connectivity index (χ4n) is 2.04. The molecule has 0 aromatic rings. The summed E-state index contributed by atoms with van der Waals surface area (Å²) >= 11 is 0. The van der Waals surface area contributed by atoms with Gasteiger partial charge in [0.1, 0.15) is 18.6 Å². The number of carbonyl (C=O) groups excluding carboxylic acids is 3. The standard InChI is InChI=1S/C15H22N4O11/c16-6(3-10(22)23)13(28)18-7(1-2-9(20)21)15(30)19-8(4-11(24)25)14(29)17-5-12(26)27/h6-8H,1-5,16H2,(H,17,29)(H,18,28)(H,19,30)(H,20,21)(H,22,23)(H,24,25)(H,26,27). The average molecular weight is 434 g/mol. The van der Waals surface area contributed by atoms with E-state index in [1.165, 1.54) is 0 Å². The van der Waals surface area contributed by atoms with Crippen LogP contribution in [-0.2, 0) is 33.6 Å². The molecular weight excluding hydrogens is 412 g/mol. The first-order chi connectivity index (χ1) is 13.8. The molecule has 168 valence electrons. The molecule has 0 saturated carbocycles. The zero-order valence-electron chi connectivity index (χ0n) is 15.5. The third kappa shape index (κ3) is 11.2. The maximum Gasteiger partial charge on any atom is 0.322 e. The highest BCUT2D eigenvalue weighted by Gasteiger charge is 2.30. The van der Waals surface area contributed by atoms with Crippen LogP contribution in [0.3, 0.4) is 0 Å². The lowest BCUT2D eigenvalue weighted by atomic mass is 10.1. The molecule has 15 heteroatoms. The Balaban J connectivity index is 5.34. The van der Waals surface area contributed by atoms with E-state index in [4.69, 9.17) is 26.2 Å². The fraction of sp³-hybridized carbons (Fsp3) is 0.533. The van der Waals surface area contributed by atoms with E-state index in [9.17, 15) is 33.6 Å². The summed E-state index contributed by atoms with van der Waals surface area (Å²) in [4.78, 5) is 79.1. The van der Waals surface area contributed by atoms with Crippen molar-refractivity contribution in [3.05, 3.63) is 0 Å². The lowest BCUT2D eigenvalue weighted by Gasteiger charge is -2.23. The predicted octanol–water partition coefficient (Wildman–Crippen LogP) is -3.70. The second-order valence-electron chi connectivity index (χ2n) is 5.97. The first-order valence-corrected chi connectivity index (χ1v) is 8.34. The zero-order valence-corrected chi connectivity index (χ0v) is 15.5. The van der Waals surface area contributed by atoms with Crippen molar-refractivity contribution in [2.75, 3.05) is 6.54 Å². The van der Waals surface area contributed by atoms with Crippen LogP contribution in [0.5, 0.6) is 0 Å². The van der Waals surface area contributed by atoms with Crippen LogP contribution in [0.1, 0.15) is 25.7 Å². The molecule has 0 rings (SSSR count). The number of carboxylic acids is 4. The molecule has 3 unspecified atom stereocenters. The molecule has 0 spiro atoms. The molecule has 0 aliphatic rings. The molecule has 15 nitrogen and oxygen atoms in total. The van der Waals surface area contributed by atoms with Crippen molar-refractivity contribution in [2.24, 2.45) is 5.73 Å². The summed E-state index contributed by atoms with van der Waals surface area (Å²) in [5.41, 5.74) is 5.37. The molecule has 0 aromatic carbocycles. The molecule has 0 heterocycles. The van der Waals surface area contributed by atoms with Crippen molar-refractivity contribution in [3.63, 3.8) is 0 Å². The molecule has 0 aliphatic carbocycles. The Kier molecular flexibility index (Phi) is 11.1. The quantitative estimate of drug-likeness (QED) is 0.131. The minimum atomic E-state index is -1.73. The van der Waals surface area contributed by atoms with E-state index in [1.54, 1.807) is 0 Å². The molecular formula is C15H22N4O11. The first-order valence-electron chi connectivity index (χ1n) is 8.34. The normalized spacial score (nSPS) is 13.2. The van der Waals surface area contributed by atoms with E-state index in [1.807, 2.05) is 16.0 Å². The van der Waals surface area contributed by atoms with Crippen molar-refractivity contribution in [3.8, 4) is 0 Å². The Morgan fingerprint density at radius 2 is 1.20 bits per heavy atom. The van der Waals surface area contributed by atoms with Crippen LogP contribution >= 0.6 is 0 Å². The minimum absolute atomic E-state index is 0.483. The van der Waals surface area contributed by atoms with Gasteiger partial charge < -0.3 is 42.1 Å². The number of nitrogens with one attached hydrogen (secondary N) is 3. The summed E-state index contributed by atoms with van der Waals surface area (Å²) in [5.74, 6) is -9.06. The van der Waals surface area contributed by atoms with Crippen molar-refractivity contribution in [1.29, 1.82) is 0 Å². The lowest BCUT2D eigenvalue weighted by Crippen LogP contribution is -2.56. The highest BCUT2D eigenvalue weighted by atomic mass is 16.4. The topological polar surface area (TPSA) is 263 Å². The highest BCUT2D eigenvalue weighted by Crippen LogP contribution is 2.03. The number of hydrogen-bond acceptors (Lipinski definition) is 8. The van der Waals surface area contributed by atoms with Gasteiger partial charge in [0.15, 0.2) is 0 Å². The van der Waals surface area contributed by atoms with Crippen LogP contribution in [0.25, 0.3) is 0 Å². The smallest absolute Gasteiger partial charge is 0.322 e. The van der Waals surface area contributed by atoms with Crippen molar-refractivity contribution < 1.29 is 54.0 Å². The van der Waals surface area contributed by atoms with Gasteiger partial charge in [-0.05, 0) is 6.42 Å². The van der Waals surface area contributed by atoms with E-state index < -0.39 is 92.0 Å². The Morgan fingerprint density at radius 1 is 0.667 bits per heavy atom. The van der Waals surface area contributed by atoms with Crippen LogP contribution in [0.4, 0.5) is 0 Å². The van der Waals surface area contributed by atoms with E-state index in [0.29, 0.717) is 0 Å². The molecule has 30 heavy (non-hydrogen) atoms. The average Bonchev–Trinajstić information content (AvgIpc) is 2.60. The molecule has 9 N–H and O–H groups in total.